The van der Waals surface area contributed by atoms with Crippen LogP contribution in [0.2, 0.25) is 0 Å². The van der Waals surface area contributed by atoms with Crippen molar-refractivity contribution in [1.82, 2.24) is 0 Å². The van der Waals surface area contributed by atoms with Gasteiger partial charge >= 0.3 is 5.97 Å². The van der Waals surface area contributed by atoms with E-state index in [2.05, 4.69) is 18.8 Å². The third-order valence-corrected chi connectivity index (χ3v) is 2.77. The van der Waals surface area contributed by atoms with Gasteiger partial charge in [-0.1, -0.05) is 0 Å². The molecule has 0 saturated carbocycles. The number of carbonyl (C=O) groups is 1. The molecule has 1 rings (SSSR count). The molecule has 0 aromatic carbocycles. The lowest BCUT2D eigenvalue weighted by Gasteiger charge is -2.20. The van der Waals surface area contributed by atoms with Gasteiger partial charge in [-0.25, -0.2) is 0 Å². The smallest absolute Gasteiger partial charge is 0.311 e. The zero-order valence-corrected chi connectivity index (χ0v) is 9.56. The van der Waals surface area contributed by atoms with E-state index in [0.29, 0.717) is 6.61 Å². The van der Waals surface area contributed by atoms with Crippen LogP contribution in [0.5, 0.6) is 0 Å². The number of rotatable bonds is 3. The van der Waals surface area contributed by atoms with E-state index in [1.165, 1.54) is 0 Å². The molecular formula is C10H15NO2S. The summed E-state index contributed by atoms with van der Waals surface area (Å²) in [5.74, 6) is -0.212. The van der Waals surface area contributed by atoms with Gasteiger partial charge in [-0.15, -0.1) is 11.8 Å². The molecule has 1 aliphatic rings. The molecule has 3 nitrogen and oxygen atoms in total. The zero-order valence-electron chi connectivity index (χ0n) is 8.74. The number of carbonyl (C=O) groups excluding carboxylic acids is 1. The van der Waals surface area contributed by atoms with Crippen molar-refractivity contribution in [2.75, 3.05) is 6.61 Å². The first-order valence-corrected chi connectivity index (χ1v) is 5.49. The van der Waals surface area contributed by atoms with E-state index in [1.54, 1.807) is 18.7 Å². The summed E-state index contributed by atoms with van der Waals surface area (Å²) in [6, 6.07) is 0. The highest BCUT2D eigenvalue weighted by atomic mass is 32.2. The summed E-state index contributed by atoms with van der Waals surface area (Å²) >= 11 is 1.67. The molecule has 1 heterocycles. The molecule has 0 aromatic heterocycles. The molecule has 0 fully saturated rings. The average molecular weight is 213 g/mol. The summed E-state index contributed by atoms with van der Waals surface area (Å²) < 4.78 is 4.87. The summed E-state index contributed by atoms with van der Waals surface area (Å²) in [5.41, 5.74) is 0.785. The van der Waals surface area contributed by atoms with Gasteiger partial charge in [0.1, 0.15) is 0 Å². The normalized spacial score (nSPS) is 18.9. The molecule has 0 unspecified atom stereocenters. The Balaban J connectivity index is 2.46. The fourth-order valence-electron chi connectivity index (χ4n) is 0.966. The molecule has 78 valence electrons. The van der Waals surface area contributed by atoms with Gasteiger partial charge in [0.15, 0.2) is 0 Å². The molecular weight excluding hydrogens is 198 g/mol. The molecule has 0 N–H and O–H groups in total. The standard InChI is InChI=1S/C10H15NO2S/c1-4-13-9(12)5-8-6-14-10(2,3)7-11-8/h6-7H,4-5H2,1-3H3. The summed E-state index contributed by atoms with van der Waals surface area (Å²) in [4.78, 5) is 15.3. The topological polar surface area (TPSA) is 38.7 Å². The first kappa shape index (κ1) is 11.3. The molecule has 0 radical (unpaired) electrons. The van der Waals surface area contributed by atoms with Gasteiger partial charge in [-0.05, 0) is 26.2 Å². The van der Waals surface area contributed by atoms with Gasteiger partial charge in [0, 0.05) is 11.0 Å². The van der Waals surface area contributed by atoms with Crippen molar-refractivity contribution in [1.29, 1.82) is 0 Å². The Morgan fingerprint density at radius 1 is 1.64 bits per heavy atom. The number of nitrogens with zero attached hydrogens (tertiary/aromatic N) is 1. The highest BCUT2D eigenvalue weighted by Gasteiger charge is 2.19. The van der Waals surface area contributed by atoms with Gasteiger partial charge in [0.2, 0.25) is 0 Å². The van der Waals surface area contributed by atoms with Crippen molar-refractivity contribution in [3.63, 3.8) is 0 Å². The van der Waals surface area contributed by atoms with Crippen LogP contribution in [0, 0.1) is 0 Å². The van der Waals surface area contributed by atoms with Crippen molar-refractivity contribution in [2.45, 2.75) is 31.9 Å². The van der Waals surface area contributed by atoms with E-state index in [-0.39, 0.29) is 17.1 Å². The third-order valence-electron chi connectivity index (χ3n) is 1.67. The summed E-state index contributed by atoms with van der Waals surface area (Å²) in [6.45, 7) is 6.39. The van der Waals surface area contributed by atoms with Crippen molar-refractivity contribution in [2.24, 2.45) is 4.99 Å². The maximum absolute atomic E-state index is 11.1. The number of hydrogen-bond donors (Lipinski definition) is 0. The molecule has 0 atom stereocenters. The minimum Gasteiger partial charge on any atom is -0.466 e. The van der Waals surface area contributed by atoms with Crippen molar-refractivity contribution in [3.8, 4) is 0 Å². The Kier molecular flexibility index (Phi) is 3.75. The first-order valence-electron chi connectivity index (χ1n) is 4.61. The Morgan fingerprint density at radius 2 is 2.36 bits per heavy atom. The van der Waals surface area contributed by atoms with E-state index >= 15 is 0 Å². The molecule has 0 aliphatic carbocycles. The van der Waals surface area contributed by atoms with Gasteiger partial charge in [0.05, 0.1) is 18.7 Å². The van der Waals surface area contributed by atoms with Gasteiger partial charge in [-0.3, -0.25) is 9.79 Å². The number of aliphatic imine (C=N–C) groups is 1. The summed E-state index contributed by atoms with van der Waals surface area (Å²) in [6.07, 6.45) is 2.14. The number of ether oxygens (including phenoxy) is 1. The lowest BCUT2D eigenvalue weighted by molar-refractivity contribution is -0.142. The van der Waals surface area contributed by atoms with Crippen molar-refractivity contribution >= 4 is 23.9 Å². The molecule has 0 saturated heterocycles. The minimum atomic E-state index is -0.212. The molecule has 14 heavy (non-hydrogen) atoms. The van der Waals surface area contributed by atoms with E-state index in [4.69, 9.17) is 4.74 Å². The minimum absolute atomic E-state index is 0.0398. The first-order chi connectivity index (χ1) is 6.53. The number of thioether (sulfide) groups is 1. The van der Waals surface area contributed by atoms with Gasteiger partial charge in [-0.2, -0.15) is 0 Å². The van der Waals surface area contributed by atoms with Crippen molar-refractivity contribution in [3.05, 3.63) is 11.1 Å². The van der Waals surface area contributed by atoms with Crippen molar-refractivity contribution < 1.29 is 9.53 Å². The Labute approximate surface area is 88.6 Å². The van der Waals surface area contributed by atoms with Crippen LogP contribution < -0.4 is 0 Å². The zero-order chi connectivity index (χ0) is 10.6. The van der Waals surface area contributed by atoms with Crippen LogP contribution in [-0.4, -0.2) is 23.5 Å². The van der Waals surface area contributed by atoms with Crippen LogP contribution in [0.3, 0.4) is 0 Å². The van der Waals surface area contributed by atoms with Gasteiger partial charge in [0.25, 0.3) is 0 Å². The van der Waals surface area contributed by atoms with E-state index in [1.807, 2.05) is 11.6 Å². The Hall–Kier alpha value is -0.770. The monoisotopic (exact) mass is 213 g/mol. The average Bonchev–Trinajstić information content (AvgIpc) is 2.09. The van der Waals surface area contributed by atoms with Crippen LogP contribution >= 0.6 is 11.8 Å². The number of hydrogen-bond acceptors (Lipinski definition) is 4. The SMILES string of the molecule is CCOC(=O)CC1=CSC(C)(C)C=N1. The molecule has 0 spiro atoms. The highest BCUT2D eigenvalue weighted by molar-refractivity contribution is 8.04. The number of esters is 1. The van der Waals surface area contributed by atoms with E-state index < -0.39 is 0 Å². The fraction of sp³-hybridized carbons (Fsp3) is 0.600. The molecule has 0 aromatic rings. The fourth-order valence-corrected chi connectivity index (χ4v) is 1.66. The van der Waals surface area contributed by atoms with Crippen LogP contribution in [0.25, 0.3) is 0 Å². The largest absolute Gasteiger partial charge is 0.466 e. The molecule has 1 aliphatic heterocycles. The second-order valence-electron chi connectivity index (χ2n) is 3.57. The lowest BCUT2D eigenvalue weighted by Crippen LogP contribution is -2.18. The molecule has 4 heteroatoms. The predicted molar refractivity (Wildman–Crippen MR) is 59.5 cm³/mol. The van der Waals surface area contributed by atoms with Crippen LogP contribution in [0.1, 0.15) is 27.2 Å². The van der Waals surface area contributed by atoms with Crippen LogP contribution in [0.15, 0.2) is 16.1 Å². The second kappa shape index (κ2) is 4.64. The lowest BCUT2D eigenvalue weighted by atomic mass is 10.2. The molecule has 0 bridgehead atoms. The highest BCUT2D eigenvalue weighted by Crippen LogP contribution is 2.29. The van der Waals surface area contributed by atoms with Crippen LogP contribution in [0.4, 0.5) is 0 Å². The maximum Gasteiger partial charge on any atom is 0.311 e. The quantitative estimate of drug-likeness (QED) is 0.676. The van der Waals surface area contributed by atoms with Gasteiger partial charge < -0.3 is 4.74 Å². The third kappa shape index (κ3) is 3.54. The Morgan fingerprint density at radius 3 is 2.86 bits per heavy atom. The maximum atomic E-state index is 11.1. The summed E-state index contributed by atoms with van der Waals surface area (Å²) in [7, 11) is 0. The second-order valence-corrected chi connectivity index (χ2v) is 5.09. The van der Waals surface area contributed by atoms with Crippen LogP contribution in [-0.2, 0) is 9.53 Å². The Bertz CT molecular complexity index is 282. The van der Waals surface area contributed by atoms with E-state index in [9.17, 15) is 4.79 Å². The van der Waals surface area contributed by atoms with E-state index in [0.717, 1.165) is 5.70 Å². The molecule has 0 amide bonds. The predicted octanol–water partition coefficient (Wildman–Crippen LogP) is 2.38. The summed E-state index contributed by atoms with van der Waals surface area (Å²) in [5, 5.41) is 1.93.